The van der Waals surface area contributed by atoms with Crippen molar-refractivity contribution in [2.45, 2.75) is 141 Å². The topological polar surface area (TPSA) is 229 Å². The van der Waals surface area contributed by atoms with Gasteiger partial charge < -0.3 is 70.4 Å². The van der Waals surface area contributed by atoms with Crippen LogP contribution in [0.1, 0.15) is 135 Å². The molecule has 0 rings (SSSR count). The van der Waals surface area contributed by atoms with Crippen LogP contribution in [0.25, 0.3) is 0 Å². The van der Waals surface area contributed by atoms with Crippen molar-refractivity contribution in [3.8, 4) is 0 Å². The van der Waals surface area contributed by atoms with E-state index < -0.39 is 28.3 Å². The molecule has 0 aliphatic heterocycles. The fourth-order valence-electron chi connectivity index (χ4n) is 6.12. The summed E-state index contributed by atoms with van der Waals surface area (Å²) in [6, 6.07) is 0. The lowest BCUT2D eigenvalue weighted by Crippen LogP contribution is -3.00. The molecule has 0 heterocycles. The molecule has 0 aliphatic rings. The third kappa shape index (κ3) is 40.8. The van der Waals surface area contributed by atoms with Crippen LogP contribution in [0.2, 0.25) is 0 Å². The molecule has 0 atom stereocenters. The highest BCUT2D eigenvalue weighted by Crippen LogP contribution is 2.36. The van der Waals surface area contributed by atoms with Crippen LogP contribution in [0, 0.1) is 0 Å². The second-order valence-electron chi connectivity index (χ2n) is 15.6. The largest absolute Gasteiger partial charge is 1.00 e. The van der Waals surface area contributed by atoms with Crippen molar-refractivity contribution in [2.24, 2.45) is 0 Å². The summed E-state index contributed by atoms with van der Waals surface area (Å²) in [5, 5.41) is 2.96. The summed E-state index contributed by atoms with van der Waals surface area (Å²) in [5.74, 6) is -0.301. The van der Waals surface area contributed by atoms with Crippen LogP contribution in [0.3, 0.4) is 0 Å². The van der Waals surface area contributed by atoms with Gasteiger partial charge in [0.05, 0.1) is 71.9 Å². The van der Waals surface area contributed by atoms with Gasteiger partial charge in [-0.1, -0.05) is 96.8 Å². The number of carbonyl (C=O) groups excluding carboxylic acids is 1. The number of nitrogens with one attached hydrogen (secondary N) is 1. The Bertz CT molecular complexity index is 1010. The van der Waals surface area contributed by atoms with Crippen LogP contribution in [-0.4, -0.2) is 131 Å². The van der Waals surface area contributed by atoms with Crippen molar-refractivity contribution in [1.29, 1.82) is 0 Å². The SMILES string of the molecule is CCCCCCCCCCCCCCCCCC[N+](C)(C)CCC(=O)NC(COCCCP(=O)(O)O)(COCCCP(=O)(O)O)COCCCP(=O)(O)O.[Br-]. The second kappa shape index (κ2) is 33.0. The van der Waals surface area contributed by atoms with Crippen molar-refractivity contribution in [1.82, 2.24) is 5.32 Å². The Morgan fingerprint density at radius 3 is 1.15 bits per heavy atom. The summed E-state index contributed by atoms with van der Waals surface area (Å²) < 4.78 is 51.7. The Morgan fingerprint density at radius 1 is 0.527 bits per heavy atom. The van der Waals surface area contributed by atoms with Crippen LogP contribution < -0.4 is 22.3 Å². The lowest BCUT2D eigenvalue weighted by molar-refractivity contribution is -0.890. The molecule has 0 radical (unpaired) electrons. The lowest BCUT2D eigenvalue weighted by Gasteiger charge is -2.35. The zero-order chi connectivity index (χ0) is 40.8. The highest BCUT2D eigenvalue weighted by molar-refractivity contribution is 7.52. The number of ether oxygens (including phenoxy) is 3. The zero-order valence-electron chi connectivity index (χ0n) is 34.1. The predicted octanol–water partition coefficient (Wildman–Crippen LogP) is 3.33. The summed E-state index contributed by atoms with van der Waals surface area (Å²) in [4.78, 5) is 68.5. The molecule has 7 N–H and O–H groups in total. The minimum Gasteiger partial charge on any atom is -1.00 e. The molecule has 0 aromatic carbocycles. The van der Waals surface area contributed by atoms with E-state index in [0.29, 0.717) is 11.0 Å². The quantitative estimate of drug-likeness (QED) is 0.0267. The number of nitrogens with zero attached hydrogens (tertiary/aromatic N) is 1. The molecule has 0 aromatic heterocycles. The molecule has 0 aliphatic carbocycles. The Morgan fingerprint density at radius 2 is 0.836 bits per heavy atom. The van der Waals surface area contributed by atoms with E-state index >= 15 is 0 Å². The van der Waals surface area contributed by atoms with E-state index in [1.165, 1.54) is 89.9 Å². The van der Waals surface area contributed by atoms with Crippen molar-refractivity contribution in [3.63, 3.8) is 0 Å². The van der Waals surface area contributed by atoms with E-state index in [1.807, 2.05) is 0 Å². The predicted molar refractivity (Wildman–Crippen MR) is 214 cm³/mol. The van der Waals surface area contributed by atoms with Gasteiger partial charge in [0.25, 0.3) is 0 Å². The van der Waals surface area contributed by atoms with E-state index in [0.717, 1.165) is 19.4 Å². The van der Waals surface area contributed by atoms with E-state index in [-0.39, 0.29) is 107 Å². The molecule has 0 saturated carbocycles. The Balaban J connectivity index is 0. The van der Waals surface area contributed by atoms with Crippen molar-refractivity contribution >= 4 is 28.7 Å². The highest BCUT2D eigenvalue weighted by atomic mass is 79.9. The molecular weight excluding hydrogens is 841 g/mol. The molecule has 0 aromatic rings. The van der Waals surface area contributed by atoms with Crippen molar-refractivity contribution in [3.05, 3.63) is 0 Å². The molecule has 0 spiro atoms. The zero-order valence-corrected chi connectivity index (χ0v) is 38.4. The summed E-state index contributed by atoms with van der Waals surface area (Å²) in [6.45, 7) is 3.19. The van der Waals surface area contributed by atoms with E-state index in [9.17, 15) is 47.9 Å². The summed E-state index contributed by atoms with van der Waals surface area (Å²) >= 11 is 0. The second-order valence-corrected chi connectivity index (χ2v) is 21.0. The summed E-state index contributed by atoms with van der Waals surface area (Å²) in [7, 11) is -8.51. The smallest absolute Gasteiger partial charge is 0.325 e. The summed E-state index contributed by atoms with van der Waals surface area (Å²) in [5.41, 5.74) is -1.28. The molecule has 15 nitrogen and oxygen atoms in total. The van der Waals surface area contributed by atoms with Gasteiger partial charge in [0, 0.05) is 19.8 Å². The fraction of sp³-hybridized carbons (Fsp3) is 0.972. The van der Waals surface area contributed by atoms with Gasteiger partial charge in [0.1, 0.15) is 5.54 Å². The monoisotopic (exact) mass is 918 g/mol. The van der Waals surface area contributed by atoms with Gasteiger partial charge in [-0.25, -0.2) is 0 Å². The standard InChI is InChI=1S/C36H77N2O13P3.BrH/c1-4-5-6-7-8-9-10-11-12-13-14-15-16-17-18-19-24-38(2,3)25-23-35(39)37-36(32-49-26-20-29-52(40,41)42,33-50-27-21-30-53(43,44)45)34-51-28-22-31-54(46,47)48;/h4-34H2,1-3H3,(H6-,37,39,40,41,42,43,44,45,46,47,48);1H. The number of unbranched alkanes of at least 4 members (excludes halogenated alkanes) is 15. The van der Waals surface area contributed by atoms with Crippen LogP contribution in [0.5, 0.6) is 0 Å². The molecule has 55 heavy (non-hydrogen) atoms. The Hall–Kier alpha value is 0.240. The average Bonchev–Trinajstić information content (AvgIpc) is 3.05. The van der Waals surface area contributed by atoms with Gasteiger partial charge in [-0.05, 0) is 32.1 Å². The fourth-order valence-corrected chi connectivity index (χ4v) is 7.74. The maximum atomic E-state index is 13.4. The molecule has 0 bridgehead atoms. The first-order valence-electron chi connectivity index (χ1n) is 20.3. The first-order valence-corrected chi connectivity index (χ1v) is 25.7. The molecule has 332 valence electrons. The van der Waals surface area contributed by atoms with Crippen molar-refractivity contribution < 1.29 is 83.5 Å². The van der Waals surface area contributed by atoms with Gasteiger partial charge in [-0.2, -0.15) is 0 Å². The van der Waals surface area contributed by atoms with E-state index in [2.05, 4.69) is 26.3 Å². The van der Waals surface area contributed by atoms with Gasteiger partial charge >= 0.3 is 22.8 Å². The summed E-state index contributed by atoms with van der Waals surface area (Å²) in [6.07, 6.45) is 20.1. The first-order chi connectivity index (χ1) is 25.3. The molecular formula is C36H78BrN2O13P3. The molecule has 0 saturated heterocycles. The molecule has 19 heteroatoms. The number of amides is 1. The van der Waals surface area contributed by atoms with Crippen molar-refractivity contribution in [2.75, 3.05) is 85.3 Å². The Kier molecular flexibility index (Phi) is 34.4. The van der Waals surface area contributed by atoms with E-state index in [4.69, 9.17) is 14.2 Å². The molecule has 0 fully saturated rings. The normalized spacial score (nSPS) is 12.9. The van der Waals surface area contributed by atoms with Gasteiger partial charge in [-0.3, -0.25) is 18.5 Å². The number of quaternary nitrogens is 1. The molecule has 0 unspecified atom stereocenters. The third-order valence-electron chi connectivity index (χ3n) is 9.32. The van der Waals surface area contributed by atoms with Crippen LogP contribution in [-0.2, 0) is 32.7 Å². The third-order valence-corrected chi connectivity index (χ3v) is 12.0. The maximum Gasteiger partial charge on any atom is 0.325 e. The minimum absolute atomic E-state index is 0. The van der Waals surface area contributed by atoms with Gasteiger partial charge in [0.15, 0.2) is 0 Å². The van der Waals surface area contributed by atoms with E-state index in [1.54, 1.807) is 0 Å². The van der Waals surface area contributed by atoms with Crippen LogP contribution in [0.4, 0.5) is 0 Å². The number of hydrogen-bond donors (Lipinski definition) is 7. The highest BCUT2D eigenvalue weighted by Gasteiger charge is 2.34. The first kappa shape index (κ1) is 57.3. The minimum atomic E-state index is -4.23. The average molecular weight is 920 g/mol. The van der Waals surface area contributed by atoms with Crippen LogP contribution >= 0.6 is 22.8 Å². The lowest BCUT2D eigenvalue weighted by atomic mass is 10.0. The molecule has 1 amide bonds. The van der Waals surface area contributed by atoms with Gasteiger partial charge in [-0.15, -0.1) is 0 Å². The number of halogens is 1. The maximum absolute atomic E-state index is 13.4. The van der Waals surface area contributed by atoms with Crippen LogP contribution in [0.15, 0.2) is 0 Å². The number of rotatable bonds is 39. The number of carbonyl (C=O) groups is 1. The number of hydrogen-bond acceptors (Lipinski definition) is 7. The Labute approximate surface area is 342 Å². The van der Waals surface area contributed by atoms with Gasteiger partial charge in [0.2, 0.25) is 5.91 Å².